The van der Waals surface area contributed by atoms with Gasteiger partial charge in [0.05, 0.1) is 5.69 Å². The fourth-order valence-corrected chi connectivity index (χ4v) is 10.0. The molecule has 0 aliphatic carbocycles. The molecule has 5 aromatic carbocycles. The number of sulfone groups is 1. The third-order valence-corrected chi connectivity index (χ3v) is 14.7. The number of hydrogen-bond acceptors (Lipinski definition) is 10. The second kappa shape index (κ2) is 25.6. The average Bonchev–Trinajstić information content (AvgIpc) is 3.34. The summed E-state index contributed by atoms with van der Waals surface area (Å²) in [6.45, 7) is 14.4. The number of anilines is 2. The van der Waals surface area contributed by atoms with Crippen LogP contribution in [0.1, 0.15) is 49.5 Å². The molecule has 5 aromatic rings. The summed E-state index contributed by atoms with van der Waals surface area (Å²) in [5, 5.41) is 6.85. The van der Waals surface area contributed by atoms with Crippen molar-refractivity contribution in [1.29, 1.82) is 0 Å². The highest BCUT2D eigenvalue weighted by molar-refractivity contribution is 7.99. The molecule has 16 heteroatoms. The Kier molecular flexibility index (Phi) is 20.4. The van der Waals surface area contributed by atoms with Crippen LogP contribution >= 0.6 is 35.3 Å². The van der Waals surface area contributed by atoms with Crippen LogP contribution < -0.4 is 20.3 Å². The lowest BCUT2D eigenvalue weighted by molar-refractivity contribution is -0.0435. The van der Waals surface area contributed by atoms with E-state index in [1.165, 1.54) is 67.5 Å². The molecule has 0 bridgehead atoms. The predicted molar refractivity (Wildman–Crippen MR) is 265 cm³/mol. The largest absolute Gasteiger partial charge is 0.501 e. The number of nitrogens with zero attached hydrogens (tertiary/aromatic N) is 3. The second-order valence-corrected chi connectivity index (χ2v) is 19.6. The summed E-state index contributed by atoms with van der Waals surface area (Å²) in [6, 6.07) is 37.3. The summed E-state index contributed by atoms with van der Waals surface area (Å²) >= 11 is 8.33. The normalized spacial score (nSPS) is 15.0. The molecular weight excluding hydrogens is 909 g/mol. The fourth-order valence-electron chi connectivity index (χ4n) is 7.43. The number of alkyl halides is 3. The van der Waals surface area contributed by atoms with Crippen LogP contribution in [0.4, 0.5) is 24.5 Å². The smallest absolute Gasteiger partial charge is 0.383 e. The lowest BCUT2D eigenvalue weighted by Crippen LogP contribution is -2.46. The highest BCUT2D eigenvalue weighted by atomic mass is 35.5. The zero-order valence-electron chi connectivity index (χ0n) is 37.4. The number of hydrogen-bond donors (Lipinski definition) is 3. The van der Waals surface area contributed by atoms with Crippen LogP contribution in [0.25, 0.3) is 11.1 Å². The molecule has 0 radical (unpaired) electrons. The van der Waals surface area contributed by atoms with Crippen LogP contribution in [0.15, 0.2) is 136 Å². The van der Waals surface area contributed by atoms with E-state index in [9.17, 15) is 26.4 Å². The number of halogens is 4. The monoisotopic (exact) mass is 968 g/mol. The van der Waals surface area contributed by atoms with Crippen LogP contribution in [0.3, 0.4) is 0 Å². The Balaban J connectivity index is 0.000000579. The lowest BCUT2D eigenvalue weighted by atomic mass is 9.99. The van der Waals surface area contributed by atoms with Crippen molar-refractivity contribution in [3.05, 3.63) is 137 Å². The third-order valence-electron chi connectivity index (χ3n) is 11.1. The molecule has 2 heterocycles. The van der Waals surface area contributed by atoms with E-state index in [2.05, 4.69) is 62.2 Å². The first kappa shape index (κ1) is 51.8. The highest BCUT2D eigenvalue weighted by Crippen LogP contribution is 2.37. The standard InChI is InChI=1S/C39H36ClF3N4O3S3.C8H18N2.C2H6/c40-31-14-10-28(11-15-31)35-9-5-4-6-30(35)27-46-21-23-47(24-22-46)32-16-12-29(13-17-32)38(48)45-52-34-18-19-36(37(26-34)53(49,50)39(41,42)43)44-20-25-51-33-7-2-1-3-8-33;1-3-10-6-4-8(9-2)5-7-10;1-2/h1-19,26,44H,20-25,27H2,(H,45,48);8-9H,3-7H2,1-2H3;1-2H3. The van der Waals surface area contributed by atoms with Gasteiger partial charge < -0.3 is 20.4 Å². The molecule has 0 saturated carbocycles. The van der Waals surface area contributed by atoms with E-state index >= 15 is 0 Å². The van der Waals surface area contributed by atoms with Gasteiger partial charge >= 0.3 is 5.51 Å². The number of rotatable bonds is 15. The van der Waals surface area contributed by atoms with Crippen LogP contribution in [-0.2, 0) is 16.4 Å². The van der Waals surface area contributed by atoms with Crippen LogP contribution in [0, 0.1) is 0 Å². The number of likely N-dealkylation sites (tertiary alicyclic amines) is 1. The molecule has 2 fully saturated rings. The van der Waals surface area contributed by atoms with Gasteiger partial charge in [0.1, 0.15) is 4.90 Å². The van der Waals surface area contributed by atoms with Crippen molar-refractivity contribution in [2.24, 2.45) is 0 Å². The molecule has 0 atom stereocenters. The van der Waals surface area contributed by atoms with Gasteiger partial charge in [0, 0.05) is 77.1 Å². The van der Waals surface area contributed by atoms with Gasteiger partial charge in [-0.05, 0) is 135 Å². The molecule has 3 N–H and O–H groups in total. The topological polar surface area (TPSA) is 97.0 Å². The Morgan fingerprint density at radius 3 is 2.06 bits per heavy atom. The number of carbonyl (C=O) groups excluding carboxylic acids is 1. The van der Waals surface area contributed by atoms with Crippen LogP contribution in [0.2, 0.25) is 5.02 Å². The molecule has 0 aromatic heterocycles. The summed E-state index contributed by atoms with van der Waals surface area (Å²) < 4.78 is 68.5. The van der Waals surface area contributed by atoms with Crippen molar-refractivity contribution >= 4 is 62.4 Å². The van der Waals surface area contributed by atoms with E-state index in [0.29, 0.717) is 16.3 Å². The van der Waals surface area contributed by atoms with Gasteiger partial charge in [-0.25, -0.2) is 8.42 Å². The van der Waals surface area contributed by atoms with Gasteiger partial charge in [-0.3, -0.25) is 14.4 Å². The SMILES string of the molecule is CC.CCN1CCC(NC)CC1.O=C(NSc1ccc(NCCSc2ccccc2)c(S(=O)(=O)C(F)(F)F)c1)c1ccc(N2CCN(Cc3ccccc3-c3ccc(Cl)cc3)CC2)cc1. The second-order valence-electron chi connectivity index (χ2n) is 15.2. The Bertz CT molecular complexity index is 2320. The summed E-state index contributed by atoms with van der Waals surface area (Å²) in [7, 11) is -3.60. The number of benzene rings is 5. The van der Waals surface area contributed by atoms with Gasteiger partial charge in [0.15, 0.2) is 0 Å². The molecule has 9 nitrogen and oxygen atoms in total. The molecule has 2 aliphatic rings. The Labute approximate surface area is 396 Å². The minimum atomic E-state index is -5.67. The van der Waals surface area contributed by atoms with Gasteiger partial charge in [0.25, 0.3) is 15.7 Å². The van der Waals surface area contributed by atoms with Crippen molar-refractivity contribution in [3.8, 4) is 11.1 Å². The van der Waals surface area contributed by atoms with Crippen molar-refractivity contribution in [2.45, 2.75) is 66.4 Å². The molecule has 0 unspecified atom stereocenters. The molecular formula is C49H60ClF3N6O3S3. The molecule has 2 saturated heterocycles. The minimum absolute atomic E-state index is 0.135. The molecule has 7 rings (SSSR count). The van der Waals surface area contributed by atoms with Crippen molar-refractivity contribution in [1.82, 2.24) is 19.8 Å². The van der Waals surface area contributed by atoms with Crippen LogP contribution in [0.5, 0.6) is 0 Å². The lowest BCUT2D eigenvalue weighted by Gasteiger charge is -2.36. The first-order chi connectivity index (χ1) is 31.3. The number of piperidine rings is 1. The zero-order chi connectivity index (χ0) is 46.8. The van der Waals surface area contributed by atoms with Crippen molar-refractivity contribution in [3.63, 3.8) is 0 Å². The van der Waals surface area contributed by atoms with Crippen molar-refractivity contribution in [2.75, 3.05) is 75.4 Å². The molecule has 2 aliphatic heterocycles. The molecule has 350 valence electrons. The van der Waals surface area contributed by atoms with E-state index < -0.39 is 26.1 Å². The maximum Gasteiger partial charge on any atom is 0.501 e. The van der Waals surface area contributed by atoms with Gasteiger partial charge in [0.2, 0.25) is 0 Å². The first-order valence-corrected chi connectivity index (χ1v) is 25.7. The quantitative estimate of drug-likeness (QED) is 0.0535. The minimum Gasteiger partial charge on any atom is -0.383 e. The van der Waals surface area contributed by atoms with Gasteiger partial charge in [-0.1, -0.05) is 87.0 Å². The number of nitrogens with one attached hydrogen (secondary N) is 3. The Morgan fingerprint density at radius 2 is 1.43 bits per heavy atom. The van der Waals surface area contributed by atoms with Gasteiger partial charge in [-0.2, -0.15) is 13.2 Å². The van der Waals surface area contributed by atoms with E-state index in [1.807, 2.05) is 86.6 Å². The highest BCUT2D eigenvalue weighted by Gasteiger charge is 2.48. The Hall–Kier alpha value is -4.22. The van der Waals surface area contributed by atoms with Gasteiger partial charge in [-0.15, -0.1) is 11.8 Å². The summed E-state index contributed by atoms with van der Waals surface area (Å²) in [6.07, 6.45) is 2.65. The van der Waals surface area contributed by atoms with E-state index in [4.69, 9.17) is 11.6 Å². The number of amides is 1. The van der Waals surface area contributed by atoms with Crippen LogP contribution in [-0.4, -0.2) is 101 Å². The maximum absolute atomic E-state index is 13.6. The van der Waals surface area contributed by atoms with E-state index in [1.54, 1.807) is 12.1 Å². The number of piperazine rings is 1. The molecule has 65 heavy (non-hydrogen) atoms. The average molecular weight is 970 g/mol. The first-order valence-electron chi connectivity index (χ1n) is 22.0. The summed E-state index contributed by atoms with van der Waals surface area (Å²) in [5.74, 6) is 0.0314. The number of thioether (sulfide) groups is 1. The van der Waals surface area contributed by atoms with E-state index in [-0.39, 0.29) is 17.1 Å². The molecule has 0 spiro atoms. The Morgan fingerprint density at radius 1 is 0.785 bits per heavy atom. The number of carbonyl (C=O) groups is 1. The third kappa shape index (κ3) is 15.1. The summed E-state index contributed by atoms with van der Waals surface area (Å²) in [4.78, 5) is 20.4. The van der Waals surface area contributed by atoms with Crippen molar-refractivity contribution < 1.29 is 26.4 Å². The zero-order valence-corrected chi connectivity index (χ0v) is 40.6. The molecule has 1 amide bonds. The predicted octanol–water partition coefficient (Wildman–Crippen LogP) is 11.0. The fraction of sp³-hybridized carbons (Fsp3) is 0.367. The maximum atomic E-state index is 13.6. The van der Waals surface area contributed by atoms with E-state index in [0.717, 1.165) is 72.9 Å². The summed E-state index contributed by atoms with van der Waals surface area (Å²) in [5.41, 5.74) is -0.767.